The van der Waals surface area contributed by atoms with E-state index in [4.69, 9.17) is 17.3 Å². The van der Waals surface area contributed by atoms with E-state index in [1.54, 1.807) is 14.1 Å². The molecule has 1 amide bonds. The zero-order valence-corrected chi connectivity index (χ0v) is 25.0. The number of nitrogens with two attached hydrogens (primary N) is 1. The minimum Gasteiger partial charge on any atom is -0.507 e. The zero-order valence-electron chi connectivity index (χ0n) is 24.3. The second-order valence-electron chi connectivity index (χ2n) is 12.4. The predicted molar refractivity (Wildman–Crippen MR) is 153 cm³/mol. The van der Waals surface area contributed by atoms with Gasteiger partial charge in [-0.3, -0.25) is 33.8 Å². The number of benzene rings is 1. The van der Waals surface area contributed by atoms with Crippen LogP contribution in [0.2, 0.25) is 5.02 Å². The van der Waals surface area contributed by atoms with Crippen LogP contribution in [0.25, 0.3) is 0 Å². The van der Waals surface area contributed by atoms with E-state index >= 15 is 0 Å². The number of hydrogen-bond donors (Lipinski definition) is 3. The molecule has 42 heavy (non-hydrogen) atoms. The smallest absolute Gasteiger partial charge is 0.235 e. The summed E-state index contributed by atoms with van der Waals surface area (Å²) >= 11 is 6.90. The number of phenols is 1. The van der Waals surface area contributed by atoms with Crippen LogP contribution >= 0.6 is 11.6 Å². The van der Waals surface area contributed by atoms with E-state index in [1.807, 2.05) is 0 Å². The van der Waals surface area contributed by atoms with Crippen LogP contribution in [0.5, 0.6) is 5.75 Å². The Morgan fingerprint density at radius 2 is 1.83 bits per heavy atom. The molecule has 4 aliphatic rings. The Labute approximate surface area is 249 Å². The van der Waals surface area contributed by atoms with Crippen LogP contribution in [0, 0.1) is 23.7 Å². The van der Waals surface area contributed by atoms with Gasteiger partial charge < -0.3 is 20.8 Å². The van der Waals surface area contributed by atoms with Gasteiger partial charge in [-0.2, -0.15) is 0 Å². The minimum absolute atomic E-state index is 0.0118. The van der Waals surface area contributed by atoms with Gasteiger partial charge in [0, 0.05) is 30.6 Å². The van der Waals surface area contributed by atoms with Crippen molar-refractivity contribution in [1.29, 1.82) is 0 Å². The molecule has 1 saturated heterocycles. The van der Waals surface area contributed by atoms with Gasteiger partial charge in [0.15, 0.2) is 34.7 Å². The topological polar surface area (TPSA) is 162 Å². The molecule has 3 fully saturated rings. The van der Waals surface area contributed by atoms with Crippen molar-refractivity contribution in [1.82, 2.24) is 14.7 Å². The molecule has 0 aromatic heterocycles. The van der Waals surface area contributed by atoms with Crippen LogP contribution in [0.3, 0.4) is 0 Å². The molecule has 4 N–H and O–H groups in total. The summed E-state index contributed by atoms with van der Waals surface area (Å²) in [6.07, 6.45) is 2.54. The molecular weight excluding hydrogens is 564 g/mol. The Morgan fingerprint density at radius 3 is 2.43 bits per heavy atom. The number of phenolic OH excluding ortho intramolecular Hbond substituents is 1. The minimum atomic E-state index is -2.74. The number of ketones is 4. The molecule has 0 bridgehead atoms. The zero-order chi connectivity index (χ0) is 30.7. The second-order valence-corrected chi connectivity index (χ2v) is 12.8. The van der Waals surface area contributed by atoms with Crippen molar-refractivity contribution in [2.24, 2.45) is 29.4 Å². The largest absolute Gasteiger partial charge is 0.507 e. The Morgan fingerprint density at radius 1 is 1.17 bits per heavy atom. The highest BCUT2D eigenvalue weighted by molar-refractivity contribution is 6.34. The van der Waals surface area contributed by atoms with Gasteiger partial charge in [0.2, 0.25) is 5.91 Å². The van der Waals surface area contributed by atoms with E-state index in [0.29, 0.717) is 22.7 Å². The molecule has 2 unspecified atom stereocenters. The van der Waals surface area contributed by atoms with E-state index in [9.17, 15) is 34.2 Å². The third kappa shape index (κ3) is 4.79. The summed E-state index contributed by atoms with van der Waals surface area (Å²) in [6.45, 7) is 7.21. The molecule has 12 heteroatoms. The number of likely N-dealkylation sites (N-methyl/N-ethyl adjacent to an activating group) is 2. The first-order chi connectivity index (χ1) is 19.8. The summed E-state index contributed by atoms with van der Waals surface area (Å²) in [5, 5.41) is 23.1. The summed E-state index contributed by atoms with van der Waals surface area (Å²) in [5.74, 6) is -10.7. The number of hydrogen-bond acceptors (Lipinski definition) is 10. The maximum Gasteiger partial charge on any atom is 0.235 e. The number of primary amides is 1. The van der Waals surface area contributed by atoms with Gasteiger partial charge in [-0.1, -0.05) is 18.5 Å². The number of carbonyl (C=O) groups excluding carboxylic acids is 5. The Kier molecular flexibility index (Phi) is 8.36. The van der Waals surface area contributed by atoms with Crippen molar-refractivity contribution in [3.05, 3.63) is 27.8 Å². The predicted octanol–water partition coefficient (Wildman–Crippen LogP) is 0.438. The molecule has 0 spiro atoms. The lowest BCUT2D eigenvalue weighted by Gasteiger charge is -2.52. The summed E-state index contributed by atoms with van der Waals surface area (Å²) in [7, 11) is 3.11. The van der Waals surface area contributed by atoms with Gasteiger partial charge in [-0.15, -0.1) is 0 Å². The first-order valence-electron chi connectivity index (χ1n) is 14.6. The maximum atomic E-state index is 13.9. The molecule has 1 aromatic carbocycles. The van der Waals surface area contributed by atoms with Crippen molar-refractivity contribution in [2.75, 3.05) is 46.8 Å². The molecule has 1 heterocycles. The van der Waals surface area contributed by atoms with E-state index in [-0.39, 0.29) is 24.2 Å². The van der Waals surface area contributed by atoms with E-state index in [0.717, 1.165) is 32.7 Å². The summed E-state index contributed by atoms with van der Waals surface area (Å²) in [5.41, 5.74) is 3.63. The highest BCUT2D eigenvalue weighted by atomic mass is 35.5. The fraction of sp³-hybridized carbons (Fsp3) is 0.633. The Hall–Kier alpha value is -2.70. The van der Waals surface area contributed by atoms with Crippen LogP contribution in [0.1, 0.15) is 47.7 Å². The quantitative estimate of drug-likeness (QED) is 0.356. The van der Waals surface area contributed by atoms with Gasteiger partial charge >= 0.3 is 0 Å². The van der Waals surface area contributed by atoms with Crippen LogP contribution in [0.4, 0.5) is 0 Å². The second kappa shape index (κ2) is 11.4. The van der Waals surface area contributed by atoms with Crippen molar-refractivity contribution < 1.29 is 34.2 Å². The number of amides is 1. The lowest BCUT2D eigenvalue weighted by atomic mass is 9.52. The van der Waals surface area contributed by atoms with Crippen LogP contribution in [-0.2, 0) is 32.1 Å². The van der Waals surface area contributed by atoms with E-state index in [2.05, 4.69) is 16.7 Å². The highest BCUT2D eigenvalue weighted by Crippen LogP contribution is 2.51. The maximum absolute atomic E-state index is 13.9. The van der Waals surface area contributed by atoms with E-state index in [1.165, 1.54) is 23.8 Å². The lowest BCUT2D eigenvalue weighted by molar-refractivity contribution is -0.181. The molecule has 1 aliphatic heterocycles. The van der Waals surface area contributed by atoms with Gasteiger partial charge in [-0.25, -0.2) is 0 Å². The molecule has 3 aliphatic carbocycles. The summed E-state index contributed by atoms with van der Waals surface area (Å²) in [6, 6.07) is 0.314. The van der Waals surface area contributed by atoms with Crippen molar-refractivity contribution in [3.8, 4) is 5.75 Å². The highest BCUT2D eigenvalue weighted by Gasteiger charge is 2.69. The van der Waals surface area contributed by atoms with Crippen LogP contribution < -0.4 is 5.73 Å². The third-order valence-electron chi connectivity index (χ3n) is 9.84. The molecule has 2 saturated carbocycles. The Balaban J connectivity index is 1.48. The number of halogens is 1. The molecule has 6 atom stereocenters. The van der Waals surface area contributed by atoms with Crippen molar-refractivity contribution >= 4 is 40.6 Å². The molecule has 1 aromatic rings. The third-order valence-corrected chi connectivity index (χ3v) is 10.3. The normalized spacial score (nSPS) is 31.5. The number of carbonyl (C=O) groups is 5. The number of nitrogens with zero attached hydrogens (tertiary/aromatic N) is 3. The van der Waals surface area contributed by atoms with Crippen molar-refractivity contribution in [2.45, 2.75) is 50.8 Å². The number of Topliss-reactive ketones (excluding diaryl/α,β-unsaturated/α-hetero) is 4. The van der Waals surface area contributed by atoms with Gasteiger partial charge in [0.05, 0.1) is 17.5 Å². The van der Waals surface area contributed by atoms with Crippen LogP contribution in [-0.4, -0.2) is 112 Å². The average Bonchev–Trinajstić information content (AvgIpc) is 3.44. The standard InChI is InChI=1S/C30H39ClN4O7/c1-4-34(9-10-35-7-5-6-8-35)14-16-13-19(36)21-17(23(16)31)11-15-12-18-24(33(2)3)26(38)22(29(32)41)28(40)30(18,42)27(39)20(15)25(21)37/h13,15,18,20,22,24,36,42H,4-12,14H2,1-3H3,(H2,32,41)/t15-,18-,20?,22?,24-,30-/m0/s1. The molecular formula is C30H39ClN4O7. The van der Waals surface area contributed by atoms with Crippen LogP contribution in [0.15, 0.2) is 6.07 Å². The number of aromatic hydroxyl groups is 1. The van der Waals surface area contributed by atoms with E-state index < -0.39 is 64.4 Å². The first-order valence-corrected chi connectivity index (χ1v) is 15.0. The Bertz CT molecular complexity index is 1340. The number of fused-ring (bicyclic) bond motifs is 3. The first kappa shape index (κ1) is 30.7. The molecule has 228 valence electrons. The fourth-order valence-electron chi connectivity index (χ4n) is 7.70. The summed E-state index contributed by atoms with van der Waals surface area (Å²) < 4.78 is 0. The molecule has 0 radical (unpaired) electrons. The van der Waals surface area contributed by atoms with Gasteiger partial charge in [-0.05, 0) is 82.5 Å². The summed E-state index contributed by atoms with van der Waals surface area (Å²) in [4.78, 5) is 72.6. The molecule has 5 rings (SSSR count). The fourth-order valence-corrected chi connectivity index (χ4v) is 7.99. The number of rotatable bonds is 8. The lowest BCUT2D eigenvalue weighted by Crippen LogP contribution is -2.74. The molecule has 11 nitrogen and oxygen atoms in total. The number of aliphatic hydroxyl groups is 1. The number of likely N-dealkylation sites (tertiary alicyclic amines) is 1. The van der Waals surface area contributed by atoms with Gasteiger partial charge in [0.1, 0.15) is 5.75 Å². The SMILES string of the molecule is CCN(CCN1CCCC1)Cc1cc(O)c2c(c1Cl)C[C@H]1C[C@H]3[C@H](N(C)C)C(=O)C(C(N)=O)C(=O)[C@@]3(O)C(=O)C1C2=O. The average molecular weight is 603 g/mol. The van der Waals surface area contributed by atoms with Crippen molar-refractivity contribution in [3.63, 3.8) is 0 Å². The van der Waals surface area contributed by atoms with Gasteiger partial charge in [0.25, 0.3) is 0 Å². The monoisotopic (exact) mass is 602 g/mol.